The summed E-state index contributed by atoms with van der Waals surface area (Å²) in [6.07, 6.45) is 5.44. The summed E-state index contributed by atoms with van der Waals surface area (Å²) >= 11 is 0. The van der Waals surface area contributed by atoms with Crippen LogP contribution in [0.2, 0.25) is 0 Å². The Kier molecular flexibility index (Phi) is 3.64. The van der Waals surface area contributed by atoms with Crippen molar-refractivity contribution in [2.75, 3.05) is 5.32 Å². The molecule has 4 rings (SSSR count). The second-order valence-electron chi connectivity index (χ2n) is 7.32. The van der Waals surface area contributed by atoms with Crippen LogP contribution in [-0.4, -0.2) is 4.92 Å². The molecule has 0 saturated heterocycles. The van der Waals surface area contributed by atoms with Gasteiger partial charge in [0.1, 0.15) is 0 Å². The summed E-state index contributed by atoms with van der Waals surface area (Å²) in [4.78, 5) is 10.8. The van der Waals surface area contributed by atoms with Crippen LogP contribution in [0.25, 0.3) is 0 Å². The average molecular weight is 334 g/mol. The second-order valence-corrected chi connectivity index (χ2v) is 7.32. The van der Waals surface area contributed by atoms with Crippen LogP contribution >= 0.6 is 0 Å². The van der Waals surface area contributed by atoms with Gasteiger partial charge in [0.2, 0.25) is 0 Å². The molecule has 128 valence electrons. The average Bonchev–Trinajstić information content (AvgIpc) is 3.03. The molecule has 0 spiro atoms. The summed E-state index contributed by atoms with van der Waals surface area (Å²) in [6, 6.07) is 9.91. The minimum atomic E-state index is -0.311. The van der Waals surface area contributed by atoms with Crippen molar-refractivity contribution in [2.24, 2.45) is 5.92 Å². The number of hydrogen-bond acceptors (Lipinski definition) is 3. The van der Waals surface area contributed by atoms with Gasteiger partial charge in [0.05, 0.1) is 11.0 Å². The van der Waals surface area contributed by atoms with E-state index in [0.29, 0.717) is 5.92 Å². The molecule has 0 bridgehead atoms. The van der Waals surface area contributed by atoms with Crippen molar-refractivity contribution in [3.05, 3.63) is 80.4 Å². The maximum atomic E-state index is 11.2. The Morgan fingerprint density at radius 3 is 2.52 bits per heavy atom. The summed E-state index contributed by atoms with van der Waals surface area (Å²) in [5.74, 6) is 0.635. The van der Waals surface area contributed by atoms with Crippen molar-refractivity contribution in [3.63, 3.8) is 0 Å². The molecule has 2 aromatic carbocycles. The Morgan fingerprint density at radius 1 is 1.12 bits per heavy atom. The number of nitrogens with zero attached hydrogens (tertiary/aromatic N) is 1. The maximum Gasteiger partial charge on any atom is 0.269 e. The van der Waals surface area contributed by atoms with Crippen molar-refractivity contribution >= 4 is 11.4 Å². The molecule has 1 aliphatic heterocycles. The van der Waals surface area contributed by atoms with E-state index in [-0.39, 0.29) is 22.6 Å². The van der Waals surface area contributed by atoms with E-state index in [1.54, 1.807) is 12.1 Å². The third kappa shape index (κ3) is 2.53. The molecule has 4 heteroatoms. The zero-order valence-electron chi connectivity index (χ0n) is 14.7. The van der Waals surface area contributed by atoms with Gasteiger partial charge in [0.25, 0.3) is 5.69 Å². The molecule has 2 aromatic rings. The van der Waals surface area contributed by atoms with Gasteiger partial charge in [-0.15, -0.1) is 0 Å². The van der Waals surface area contributed by atoms with E-state index >= 15 is 0 Å². The number of anilines is 1. The van der Waals surface area contributed by atoms with Gasteiger partial charge in [-0.25, -0.2) is 0 Å². The molecule has 0 radical (unpaired) electrons. The second kappa shape index (κ2) is 5.73. The number of allylic oxidation sites excluding steroid dienone is 2. The topological polar surface area (TPSA) is 55.2 Å². The van der Waals surface area contributed by atoms with Crippen molar-refractivity contribution < 1.29 is 4.92 Å². The van der Waals surface area contributed by atoms with E-state index < -0.39 is 0 Å². The molecule has 1 heterocycles. The minimum Gasteiger partial charge on any atom is -0.378 e. The number of nitro groups is 1. The van der Waals surface area contributed by atoms with Crippen molar-refractivity contribution in [2.45, 2.75) is 39.2 Å². The fraction of sp³-hybridized carbons (Fsp3) is 0.333. The van der Waals surface area contributed by atoms with Crippen LogP contribution in [0, 0.1) is 36.8 Å². The highest BCUT2D eigenvalue weighted by atomic mass is 16.6. The lowest BCUT2D eigenvalue weighted by Gasteiger charge is -2.38. The SMILES string of the molecule is Cc1cc(C)c(C2Nc3ccc([N+](=O)[O-])cc3C3C=CCC32)c(C)c1. The molecule has 2 aliphatic rings. The van der Waals surface area contributed by atoms with Gasteiger partial charge >= 0.3 is 0 Å². The van der Waals surface area contributed by atoms with Gasteiger partial charge in [-0.3, -0.25) is 10.1 Å². The van der Waals surface area contributed by atoms with Gasteiger partial charge in [-0.1, -0.05) is 29.8 Å². The van der Waals surface area contributed by atoms with E-state index in [4.69, 9.17) is 0 Å². The first-order chi connectivity index (χ1) is 12.0. The number of hydrogen-bond donors (Lipinski definition) is 1. The lowest BCUT2D eigenvalue weighted by atomic mass is 9.75. The molecule has 1 N–H and O–H groups in total. The molecule has 0 saturated carbocycles. The highest BCUT2D eigenvalue weighted by molar-refractivity contribution is 5.63. The van der Waals surface area contributed by atoms with E-state index in [1.807, 2.05) is 6.07 Å². The summed E-state index contributed by atoms with van der Waals surface area (Å²) < 4.78 is 0. The summed E-state index contributed by atoms with van der Waals surface area (Å²) in [5.41, 5.74) is 7.51. The first-order valence-electron chi connectivity index (χ1n) is 8.75. The Bertz CT molecular complexity index is 878. The molecule has 3 unspecified atom stereocenters. The Labute approximate surface area is 147 Å². The molecular formula is C21H22N2O2. The molecule has 4 nitrogen and oxygen atoms in total. The fourth-order valence-electron chi connectivity index (χ4n) is 4.66. The molecule has 3 atom stereocenters. The Balaban J connectivity index is 1.83. The number of rotatable bonds is 2. The number of benzene rings is 2. The fourth-order valence-corrected chi connectivity index (χ4v) is 4.66. The number of aryl methyl sites for hydroxylation is 3. The molecule has 25 heavy (non-hydrogen) atoms. The number of nitro benzene ring substituents is 1. The zero-order valence-corrected chi connectivity index (χ0v) is 14.7. The van der Waals surface area contributed by atoms with Gasteiger partial charge in [-0.2, -0.15) is 0 Å². The first-order valence-corrected chi connectivity index (χ1v) is 8.75. The summed E-state index contributed by atoms with van der Waals surface area (Å²) in [5, 5.41) is 14.8. The van der Waals surface area contributed by atoms with Crippen LogP contribution in [0.4, 0.5) is 11.4 Å². The van der Waals surface area contributed by atoms with Crippen LogP contribution in [-0.2, 0) is 0 Å². The van der Waals surface area contributed by atoms with Crippen LogP contribution < -0.4 is 5.32 Å². The quantitative estimate of drug-likeness (QED) is 0.458. The molecule has 1 aliphatic carbocycles. The van der Waals surface area contributed by atoms with Gasteiger partial charge < -0.3 is 5.32 Å². The number of fused-ring (bicyclic) bond motifs is 3. The predicted molar refractivity (Wildman–Crippen MR) is 100 cm³/mol. The van der Waals surface area contributed by atoms with Crippen LogP contribution in [0.5, 0.6) is 0 Å². The zero-order chi connectivity index (χ0) is 17.7. The molecule has 0 amide bonds. The number of non-ortho nitro benzene ring substituents is 1. The Hall–Kier alpha value is -2.62. The molecule has 0 aromatic heterocycles. The Morgan fingerprint density at radius 2 is 1.84 bits per heavy atom. The van der Waals surface area contributed by atoms with E-state index in [1.165, 1.54) is 22.3 Å². The third-order valence-electron chi connectivity index (χ3n) is 5.61. The highest BCUT2D eigenvalue weighted by Crippen LogP contribution is 2.51. The highest BCUT2D eigenvalue weighted by Gasteiger charge is 2.39. The first kappa shape index (κ1) is 15.9. The van der Waals surface area contributed by atoms with Crippen molar-refractivity contribution in [1.29, 1.82) is 0 Å². The van der Waals surface area contributed by atoms with Crippen molar-refractivity contribution in [1.82, 2.24) is 0 Å². The number of nitrogens with one attached hydrogen (secondary N) is 1. The third-order valence-corrected chi connectivity index (χ3v) is 5.61. The van der Waals surface area contributed by atoms with Crippen molar-refractivity contribution in [3.8, 4) is 0 Å². The maximum absolute atomic E-state index is 11.2. The van der Waals surface area contributed by atoms with E-state index in [2.05, 4.69) is 50.4 Å². The minimum absolute atomic E-state index is 0.167. The monoisotopic (exact) mass is 334 g/mol. The predicted octanol–water partition coefficient (Wildman–Crippen LogP) is 5.35. The van der Waals surface area contributed by atoms with E-state index in [9.17, 15) is 10.1 Å². The van der Waals surface area contributed by atoms with Crippen LogP contribution in [0.3, 0.4) is 0 Å². The lowest BCUT2D eigenvalue weighted by Crippen LogP contribution is -2.30. The lowest BCUT2D eigenvalue weighted by molar-refractivity contribution is -0.384. The largest absolute Gasteiger partial charge is 0.378 e. The van der Waals surface area contributed by atoms with E-state index in [0.717, 1.165) is 17.7 Å². The normalized spacial score (nSPS) is 23.7. The molecule has 0 fully saturated rings. The smallest absolute Gasteiger partial charge is 0.269 e. The summed E-state index contributed by atoms with van der Waals surface area (Å²) in [7, 11) is 0. The standard InChI is InChI=1S/C21H22N2O2/c1-12-9-13(2)20(14(3)10-12)21-17-6-4-5-16(17)18-11-15(23(24)25)7-8-19(18)22-21/h4-5,7-11,16-17,21-22H,6H2,1-3H3. The van der Waals surface area contributed by atoms with Crippen LogP contribution in [0.15, 0.2) is 42.5 Å². The van der Waals surface area contributed by atoms with Gasteiger partial charge in [0.15, 0.2) is 0 Å². The van der Waals surface area contributed by atoms with Crippen LogP contribution in [0.1, 0.15) is 46.2 Å². The summed E-state index contributed by atoms with van der Waals surface area (Å²) in [6.45, 7) is 6.49. The van der Waals surface area contributed by atoms with Gasteiger partial charge in [-0.05, 0) is 61.4 Å². The molecular weight excluding hydrogens is 312 g/mol. The van der Waals surface area contributed by atoms with Gasteiger partial charge in [0, 0.05) is 23.7 Å².